The minimum absolute atomic E-state index is 0.160. The van der Waals surface area contributed by atoms with E-state index in [1.165, 1.54) is 5.56 Å². The van der Waals surface area contributed by atoms with E-state index in [4.69, 9.17) is 9.84 Å². The number of ether oxygens (including phenoxy) is 1. The van der Waals surface area contributed by atoms with Crippen molar-refractivity contribution in [1.82, 2.24) is 5.32 Å². The molecule has 0 spiro atoms. The molecule has 0 saturated heterocycles. The predicted octanol–water partition coefficient (Wildman–Crippen LogP) is 2.39. The third-order valence-corrected chi connectivity index (χ3v) is 3.28. The van der Waals surface area contributed by atoms with Crippen molar-refractivity contribution in [3.8, 4) is 5.75 Å². The average Bonchev–Trinajstić information content (AvgIpc) is 3.18. The lowest BCUT2D eigenvalue weighted by atomic mass is 10.0. The highest BCUT2D eigenvalue weighted by Gasteiger charge is 2.28. The van der Waals surface area contributed by atoms with Gasteiger partial charge in [0.05, 0.1) is 0 Å². The number of benzene rings is 1. The Morgan fingerprint density at radius 2 is 2.00 bits per heavy atom. The fraction of sp³-hybridized carbons (Fsp3) is 0.533. The van der Waals surface area contributed by atoms with Crippen molar-refractivity contribution in [2.24, 2.45) is 0 Å². The van der Waals surface area contributed by atoms with Gasteiger partial charge in [-0.2, -0.15) is 0 Å². The number of carbonyl (C=O) groups is 1. The van der Waals surface area contributed by atoms with Gasteiger partial charge in [0, 0.05) is 6.04 Å². The number of carboxylic acids is 1. The molecule has 19 heavy (non-hydrogen) atoms. The van der Waals surface area contributed by atoms with Gasteiger partial charge in [-0.3, -0.25) is 10.1 Å². The van der Waals surface area contributed by atoms with Crippen LogP contribution in [-0.4, -0.2) is 29.8 Å². The lowest BCUT2D eigenvalue weighted by molar-refractivity contribution is -0.140. The normalized spacial score (nSPS) is 16.4. The van der Waals surface area contributed by atoms with Crippen LogP contribution in [0.2, 0.25) is 0 Å². The smallest absolute Gasteiger partial charge is 0.324 e. The molecule has 0 radical (unpaired) electrons. The van der Waals surface area contributed by atoms with E-state index in [0.29, 0.717) is 17.7 Å². The van der Waals surface area contributed by atoms with E-state index >= 15 is 0 Å². The number of carboxylic acid groups (broad SMARTS) is 1. The summed E-state index contributed by atoms with van der Waals surface area (Å²) in [7, 11) is 0. The topological polar surface area (TPSA) is 58.6 Å². The van der Waals surface area contributed by atoms with Crippen LogP contribution in [0.1, 0.15) is 38.2 Å². The highest BCUT2D eigenvalue weighted by Crippen LogP contribution is 2.21. The Hall–Kier alpha value is -1.55. The number of nitrogens with one attached hydrogen (secondary N) is 1. The van der Waals surface area contributed by atoms with Crippen molar-refractivity contribution >= 4 is 5.97 Å². The van der Waals surface area contributed by atoms with Gasteiger partial charge < -0.3 is 9.84 Å². The summed E-state index contributed by atoms with van der Waals surface area (Å²) in [4.78, 5) is 11.1. The molecule has 1 fully saturated rings. The van der Waals surface area contributed by atoms with Gasteiger partial charge in [0.25, 0.3) is 0 Å². The summed E-state index contributed by atoms with van der Waals surface area (Å²) in [5.74, 6) is 0.344. The molecule has 4 nitrogen and oxygen atoms in total. The molecule has 2 rings (SSSR count). The van der Waals surface area contributed by atoms with Crippen molar-refractivity contribution in [1.29, 1.82) is 0 Å². The zero-order valence-electron chi connectivity index (χ0n) is 11.4. The standard InChI is InChI=1S/C15H21NO3/c1-10(2)11-3-7-13(8-4-11)19-9-14(15(17)18)16-12-5-6-12/h3-4,7-8,10,12,14,16H,5-6,9H2,1-2H3,(H,17,18). The zero-order valence-corrected chi connectivity index (χ0v) is 11.4. The van der Waals surface area contributed by atoms with Gasteiger partial charge >= 0.3 is 5.97 Å². The molecule has 0 bridgehead atoms. The minimum atomic E-state index is -0.856. The van der Waals surface area contributed by atoms with Gasteiger partial charge in [-0.05, 0) is 36.5 Å². The first kappa shape index (κ1) is 13.9. The molecule has 0 amide bonds. The van der Waals surface area contributed by atoms with Crippen molar-refractivity contribution in [3.63, 3.8) is 0 Å². The van der Waals surface area contributed by atoms with E-state index in [-0.39, 0.29) is 6.61 Å². The van der Waals surface area contributed by atoms with Crippen LogP contribution in [0, 0.1) is 0 Å². The first-order valence-corrected chi connectivity index (χ1v) is 6.78. The lowest BCUT2D eigenvalue weighted by Gasteiger charge is -2.15. The molecule has 1 aromatic carbocycles. The summed E-state index contributed by atoms with van der Waals surface area (Å²) in [6.45, 7) is 4.43. The molecule has 1 aromatic rings. The Bertz CT molecular complexity index is 424. The van der Waals surface area contributed by atoms with E-state index in [1.807, 2.05) is 24.3 Å². The van der Waals surface area contributed by atoms with Gasteiger partial charge in [0.15, 0.2) is 0 Å². The van der Waals surface area contributed by atoms with E-state index < -0.39 is 12.0 Å². The second kappa shape index (κ2) is 6.06. The largest absolute Gasteiger partial charge is 0.491 e. The fourth-order valence-corrected chi connectivity index (χ4v) is 1.85. The number of hydrogen-bond donors (Lipinski definition) is 2. The van der Waals surface area contributed by atoms with Gasteiger partial charge in [0.2, 0.25) is 0 Å². The first-order chi connectivity index (χ1) is 9.06. The maximum Gasteiger partial charge on any atom is 0.324 e. The average molecular weight is 263 g/mol. The second-order valence-corrected chi connectivity index (χ2v) is 5.37. The molecule has 0 aromatic heterocycles. The molecule has 2 N–H and O–H groups in total. The quantitative estimate of drug-likeness (QED) is 0.793. The van der Waals surface area contributed by atoms with Crippen LogP contribution in [0.25, 0.3) is 0 Å². The second-order valence-electron chi connectivity index (χ2n) is 5.37. The van der Waals surface area contributed by atoms with Crippen LogP contribution < -0.4 is 10.1 Å². The van der Waals surface area contributed by atoms with Crippen molar-refractivity contribution in [3.05, 3.63) is 29.8 Å². The molecule has 104 valence electrons. The summed E-state index contributed by atoms with van der Waals surface area (Å²) in [6, 6.07) is 7.55. The summed E-state index contributed by atoms with van der Waals surface area (Å²) in [6.07, 6.45) is 2.12. The van der Waals surface area contributed by atoms with Gasteiger partial charge in [0.1, 0.15) is 18.4 Å². The molecule has 1 aliphatic carbocycles. The SMILES string of the molecule is CC(C)c1ccc(OCC(NC2CC2)C(=O)O)cc1. The van der Waals surface area contributed by atoms with E-state index in [9.17, 15) is 4.79 Å². The van der Waals surface area contributed by atoms with Crippen LogP contribution in [0.5, 0.6) is 5.75 Å². The fourth-order valence-electron chi connectivity index (χ4n) is 1.85. The van der Waals surface area contributed by atoms with E-state index in [2.05, 4.69) is 19.2 Å². The van der Waals surface area contributed by atoms with Crippen LogP contribution >= 0.6 is 0 Å². The Kier molecular flexibility index (Phi) is 4.43. The third-order valence-electron chi connectivity index (χ3n) is 3.28. The summed E-state index contributed by atoms with van der Waals surface area (Å²) < 4.78 is 5.55. The third kappa shape index (κ3) is 4.24. The van der Waals surface area contributed by atoms with Crippen LogP contribution in [0.3, 0.4) is 0 Å². The first-order valence-electron chi connectivity index (χ1n) is 6.78. The molecular weight excluding hydrogens is 242 g/mol. The Morgan fingerprint density at radius 1 is 1.37 bits per heavy atom. The van der Waals surface area contributed by atoms with Gasteiger partial charge in [-0.25, -0.2) is 0 Å². The highest BCUT2D eigenvalue weighted by atomic mass is 16.5. The van der Waals surface area contributed by atoms with Crippen molar-refractivity contribution in [2.45, 2.75) is 44.7 Å². The van der Waals surface area contributed by atoms with E-state index in [1.54, 1.807) is 0 Å². The Balaban J connectivity index is 1.87. The van der Waals surface area contributed by atoms with Gasteiger partial charge in [-0.1, -0.05) is 26.0 Å². The van der Waals surface area contributed by atoms with Crippen LogP contribution in [-0.2, 0) is 4.79 Å². The Labute approximate surface area is 113 Å². The molecule has 1 atom stereocenters. The van der Waals surface area contributed by atoms with Gasteiger partial charge in [-0.15, -0.1) is 0 Å². The van der Waals surface area contributed by atoms with Crippen molar-refractivity contribution in [2.75, 3.05) is 6.61 Å². The molecule has 1 aliphatic rings. The predicted molar refractivity (Wildman–Crippen MR) is 73.6 cm³/mol. The maximum atomic E-state index is 11.1. The molecule has 0 heterocycles. The summed E-state index contributed by atoms with van der Waals surface area (Å²) in [5, 5.41) is 12.2. The lowest BCUT2D eigenvalue weighted by Crippen LogP contribution is -2.42. The summed E-state index contributed by atoms with van der Waals surface area (Å²) >= 11 is 0. The van der Waals surface area contributed by atoms with E-state index in [0.717, 1.165) is 12.8 Å². The number of aliphatic carboxylic acids is 1. The minimum Gasteiger partial charge on any atom is -0.491 e. The van der Waals surface area contributed by atoms with Crippen LogP contribution in [0.15, 0.2) is 24.3 Å². The molecular formula is C15H21NO3. The Morgan fingerprint density at radius 3 is 2.47 bits per heavy atom. The molecule has 1 saturated carbocycles. The molecule has 1 unspecified atom stereocenters. The number of hydrogen-bond acceptors (Lipinski definition) is 3. The number of rotatable bonds is 7. The maximum absolute atomic E-state index is 11.1. The molecule has 4 heteroatoms. The highest BCUT2D eigenvalue weighted by molar-refractivity contribution is 5.73. The van der Waals surface area contributed by atoms with Crippen LogP contribution in [0.4, 0.5) is 0 Å². The monoisotopic (exact) mass is 263 g/mol. The zero-order chi connectivity index (χ0) is 13.8. The molecule has 0 aliphatic heterocycles. The van der Waals surface area contributed by atoms with Crippen molar-refractivity contribution < 1.29 is 14.6 Å². The summed E-state index contributed by atoms with van der Waals surface area (Å²) in [5.41, 5.74) is 1.25.